The summed E-state index contributed by atoms with van der Waals surface area (Å²) < 4.78 is 109. The molecule has 4 rings (SSSR count). The van der Waals surface area contributed by atoms with E-state index in [4.69, 9.17) is 9.52 Å². The van der Waals surface area contributed by atoms with Crippen LogP contribution in [0.4, 0.5) is 32.0 Å². The third-order valence-electron chi connectivity index (χ3n) is 5.91. The van der Waals surface area contributed by atoms with Crippen LogP contribution in [0.1, 0.15) is 46.6 Å². The van der Waals surface area contributed by atoms with Crippen LogP contribution in [0.5, 0.6) is 11.6 Å². The van der Waals surface area contributed by atoms with Gasteiger partial charge in [0, 0.05) is 22.9 Å². The second-order valence-electron chi connectivity index (χ2n) is 8.71. The Labute approximate surface area is 212 Å². The van der Waals surface area contributed by atoms with Crippen LogP contribution < -0.4 is 10.1 Å². The molecule has 1 fully saturated rings. The van der Waals surface area contributed by atoms with Crippen LogP contribution in [-0.2, 0) is 21.6 Å². The first-order valence-corrected chi connectivity index (χ1v) is 12.9. The molecule has 2 N–H and O–H groups in total. The van der Waals surface area contributed by atoms with Gasteiger partial charge in [-0.25, -0.2) is 22.8 Å². The number of carbonyl (C=O) groups is 1. The molecule has 0 bridgehead atoms. The van der Waals surface area contributed by atoms with Crippen LogP contribution in [0.3, 0.4) is 0 Å². The molecule has 0 spiro atoms. The van der Waals surface area contributed by atoms with E-state index in [2.05, 4.69) is 20.5 Å². The Hall–Kier alpha value is -3.75. The van der Waals surface area contributed by atoms with Crippen molar-refractivity contribution in [1.82, 2.24) is 15.2 Å². The zero-order chi connectivity index (χ0) is 28.0. The predicted molar refractivity (Wildman–Crippen MR) is 122 cm³/mol. The third kappa shape index (κ3) is 5.28. The van der Waals surface area contributed by atoms with Gasteiger partial charge in [-0.2, -0.15) is 17.6 Å². The van der Waals surface area contributed by atoms with Gasteiger partial charge in [0.15, 0.2) is 17.2 Å². The van der Waals surface area contributed by atoms with E-state index in [1.165, 1.54) is 24.3 Å². The number of rotatable bonds is 6. The number of hydrogen-bond donors (Lipinski definition) is 2. The molecule has 3 aromatic rings. The fraction of sp³-hybridized carbons (Fsp3) is 0.304. The molecule has 15 heteroatoms. The summed E-state index contributed by atoms with van der Waals surface area (Å²) in [6.45, 7) is 0.885. The van der Waals surface area contributed by atoms with Crippen molar-refractivity contribution in [3.63, 3.8) is 0 Å². The predicted octanol–water partition coefficient (Wildman–Crippen LogP) is 5.91. The minimum absolute atomic E-state index is 0.0153. The lowest BCUT2D eigenvalue weighted by molar-refractivity contribution is -0.142. The highest BCUT2D eigenvalue weighted by molar-refractivity contribution is 7.91. The van der Waals surface area contributed by atoms with Gasteiger partial charge < -0.3 is 10.1 Å². The molecule has 38 heavy (non-hydrogen) atoms. The summed E-state index contributed by atoms with van der Waals surface area (Å²) in [5, 5.41) is 8.52. The van der Waals surface area contributed by atoms with Crippen LogP contribution in [0, 0.1) is 23.5 Å². The average molecular weight is 559 g/mol. The quantitative estimate of drug-likeness (QED) is 0.287. The first kappa shape index (κ1) is 27.3. The fourth-order valence-corrected chi connectivity index (χ4v) is 4.44. The summed E-state index contributed by atoms with van der Waals surface area (Å²) in [4.78, 5) is 16.5. The number of carbonyl (C=O) groups excluding carboxylic acids is 1. The highest BCUT2D eigenvalue weighted by Gasteiger charge is 2.42. The number of benzene rings is 1. The molecule has 0 aliphatic heterocycles. The van der Waals surface area contributed by atoms with Gasteiger partial charge >= 0.3 is 6.18 Å². The SMILES string of the molecule is Cc1c(C(F)(F)F)nnc(Oc2c(F)cc(C3(F)CCC3)nc2F)c1C(=O)Nc1cccc(S(C)(=N)=O)c1. The van der Waals surface area contributed by atoms with E-state index in [9.17, 15) is 35.3 Å². The maximum atomic E-state index is 14.7. The Morgan fingerprint density at radius 1 is 1.18 bits per heavy atom. The number of ether oxygens (including phenoxy) is 1. The monoisotopic (exact) mass is 559 g/mol. The van der Waals surface area contributed by atoms with Crippen LogP contribution in [0.15, 0.2) is 35.2 Å². The van der Waals surface area contributed by atoms with Crippen molar-refractivity contribution in [2.45, 2.75) is 42.9 Å². The number of amides is 1. The smallest absolute Gasteiger partial charge is 0.429 e. The topological polar surface area (TPSA) is 118 Å². The molecule has 1 atom stereocenters. The minimum atomic E-state index is -5.04. The third-order valence-corrected chi connectivity index (χ3v) is 7.07. The lowest BCUT2D eigenvalue weighted by Crippen LogP contribution is -2.30. The van der Waals surface area contributed by atoms with Gasteiger partial charge in [-0.3, -0.25) is 4.79 Å². The summed E-state index contributed by atoms with van der Waals surface area (Å²) in [7, 11) is -3.19. The van der Waals surface area contributed by atoms with Gasteiger partial charge in [-0.05, 0) is 49.9 Å². The number of aromatic nitrogens is 3. The Morgan fingerprint density at radius 3 is 2.42 bits per heavy atom. The Morgan fingerprint density at radius 2 is 1.87 bits per heavy atom. The van der Waals surface area contributed by atoms with E-state index >= 15 is 0 Å². The molecule has 0 radical (unpaired) electrons. The van der Waals surface area contributed by atoms with Gasteiger partial charge in [0.1, 0.15) is 5.56 Å². The molecular weight excluding hydrogens is 540 g/mol. The van der Waals surface area contributed by atoms with Gasteiger partial charge in [0.25, 0.3) is 17.7 Å². The number of pyridine rings is 1. The number of nitrogens with zero attached hydrogens (tertiary/aromatic N) is 3. The molecule has 1 aromatic carbocycles. The molecule has 1 aliphatic rings. The molecule has 1 saturated carbocycles. The Kier molecular flexibility index (Phi) is 6.84. The highest BCUT2D eigenvalue weighted by atomic mass is 32.2. The normalized spacial score (nSPS) is 16.3. The second-order valence-corrected chi connectivity index (χ2v) is 10.9. The van der Waals surface area contributed by atoms with E-state index in [0.717, 1.165) is 13.2 Å². The molecular formula is C23H19F6N5O3S. The summed E-state index contributed by atoms with van der Waals surface area (Å²) >= 11 is 0. The zero-order valence-electron chi connectivity index (χ0n) is 19.8. The van der Waals surface area contributed by atoms with Crippen LogP contribution in [0.2, 0.25) is 0 Å². The van der Waals surface area contributed by atoms with E-state index in [-0.39, 0.29) is 23.4 Å². The number of hydrogen-bond acceptors (Lipinski definition) is 7. The average Bonchev–Trinajstić information content (AvgIpc) is 2.78. The highest BCUT2D eigenvalue weighted by Crippen LogP contribution is 2.45. The first-order chi connectivity index (χ1) is 17.6. The number of alkyl halides is 4. The van der Waals surface area contributed by atoms with Crippen LogP contribution in [0.25, 0.3) is 0 Å². The van der Waals surface area contributed by atoms with Crippen molar-refractivity contribution in [2.24, 2.45) is 0 Å². The van der Waals surface area contributed by atoms with Gasteiger partial charge in [0.2, 0.25) is 5.75 Å². The molecule has 2 heterocycles. The summed E-state index contributed by atoms with van der Waals surface area (Å²) in [5.41, 5.74) is -5.72. The standard InChI is InChI=1S/C23H19F6N5O3S/c1-11-16(20(35)31-12-5-3-6-13(9-12)38(2,30)36)21(34-33-18(11)23(27,28)29)37-17-14(24)10-15(32-19(17)25)22(26)7-4-8-22/h3,5-6,9-10,30H,4,7-8H2,1-2H3,(H,31,35). The van der Waals surface area contributed by atoms with Crippen molar-refractivity contribution in [1.29, 1.82) is 4.78 Å². The number of anilines is 1. The number of halogens is 6. The lowest BCUT2D eigenvalue weighted by atomic mass is 9.79. The zero-order valence-corrected chi connectivity index (χ0v) is 20.6. The van der Waals surface area contributed by atoms with E-state index < -0.39 is 73.4 Å². The van der Waals surface area contributed by atoms with E-state index in [0.29, 0.717) is 12.5 Å². The van der Waals surface area contributed by atoms with Gasteiger partial charge in [-0.1, -0.05) is 6.07 Å². The van der Waals surface area contributed by atoms with Gasteiger partial charge in [-0.15, -0.1) is 10.2 Å². The minimum Gasteiger partial charge on any atom is -0.429 e. The Bertz CT molecular complexity index is 1520. The van der Waals surface area contributed by atoms with Crippen molar-refractivity contribution >= 4 is 21.3 Å². The maximum absolute atomic E-state index is 14.7. The van der Waals surface area contributed by atoms with Crippen molar-refractivity contribution in [3.05, 3.63) is 64.6 Å². The molecule has 2 aromatic heterocycles. The molecule has 202 valence electrons. The van der Waals surface area contributed by atoms with E-state index in [1.54, 1.807) is 0 Å². The lowest BCUT2D eigenvalue weighted by Gasteiger charge is -2.33. The number of nitrogens with one attached hydrogen (secondary N) is 2. The molecule has 8 nitrogen and oxygen atoms in total. The summed E-state index contributed by atoms with van der Waals surface area (Å²) in [6.07, 6.45) is -3.38. The fourth-order valence-electron chi connectivity index (χ4n) is 3.75. The molecule has 1 aliphatic carbocycles. The summed E-state index contributed by atoms with van der Waals surface area (Å²) in [6, 6.07) is 5.81. The maximum Gasteiger partial charge on any atom is 0.435 e. The van der Waals surface area contributed by atoms with Crippen molar-refractivity contribution < 1.29 is 40.1 Å². The first-order valence-electron chi connectivity index (χ1n) is 10.9. The van der Waals surface area contributed by atoms with Crippen LogP contribution in [-0.4, -0.2) is 31.6 Å². The largest absolute Gasteiger partial charge is 0.435 e. The molecule has 1 amide bonds. The molecule has 0 saturated heterocycles. The van der Waals surface area contributed by atoms with Crippen molar-refractivity contribution in [2.75, 3.05) is 11.6 Å². The van der Waals surface area contributed by atoms with E-state index in [1.807, 2.05) is 0 Å². The second kappa shape index (κ2) is 9.53. The molecule has 1 unspecified atom stereocenters. The summed E-state index contributed by atoms with van der Waals surface area (Å²) in [5.74, 6) is -6.44. The van der Waals surface area contributed by atoms with Crippen molar-refractivity contribution in [3.8, 4) is 11.6 Å². The van der Waals surface area contributed by atoms with Crippen LogP contribution >= 0.6 is 0 Å². The van der Waals surface area contributed by atoms with Gasteiger partial charge in [0.05, 0.1) is 15.4 Å². The Balaban J connectivity index is 1.76.